The zero-order valence-corrected chi connectivity index (χ0v) is 16.7. The van der Waals surface area contributed by atoms with Gasteiger partial charge in [0.15, 0.2) is 5.82 Å². The molecule has 3 aromatic rings. The van der Waals surface area contributed by atoms with Crippen LogP contribution in [0.1, 0.15) is 17.5 Å². The predicted molar refractivity (Wildman–Crippen MR) is 112 cm³/mol. The first-order chi connectivity index (χ1) is 13.6. The van der Waals surface area contributed by atoms with Crippen molar-refractivity contribution in [3.8, 4) is 17.1 Å². The number of carbonyl (C=O) groups is 1. The summed E-state index contributed by atoms with van der Waals surface area (Å²) in [5.74, 6) is 1.50. The van der Waals surface area contributed by atoms with Crippen molar-refractivity contribution in [1.82, 2.24) is 20.1 Å². The minimum atomic E-state index is -0.331. The molecule has 0 bridgehead atoms. The Morgan fingerprint density at radius 1 is 1.14 bits per heavy atom. The number of rotatable bonds is 8. The number of nitrogens with one attached hydrogen (secondary N) is 3. The molecule has 0 aliphatic heterocycles. The summed E-state index contributed by atoms with van der Waals surface area (Å²) in [5, 5.41) is 3.29. The Kier molecular flexibility index (Phi) is 6.80. The average Bonchev–Trinajstić information content (AvgIpc) is 3.17. The lowest BCUT2D eigenvalue weighted by molar-refractivity contribution is 0.241. The molecule has 1 aromatic heterocycles. The van der Waals surface area contributed by atoms with Gasteiger partial charge in [0.1, 0.15) is 5.75 Å². The fourth-order valence-corrected chi connectivity index (χ4v) is 3.09. The van der Waals surface area contributed by atoms with Crippen molar-refractivity contribution in [2.75, 3.05) is 18.6 Å². The third kappa shape index (κ3) is 5.68. The molecule has 0 aliphatic rings. The van der Waals surface area contributed by atoms with Gasteiger partial charge in [-0.15, -0.1) is 0 Å². The number of hydrogen-bond donors (Lipinski definition) is 3. The quantitative estimate of drug-likeness (QED) is 0.396. The third-order valence-electron chi connectivity index (χ3n) is 3.94. The molecule has 0 atom stereocenters. The van der Waals surface area contributed by atoms with Crippen LogP contribution in [0, 0.1) is 13.8 Å². The molecule has 0 saturated heterocycles. The number of benzene rings is 2. The molecular formula is C20H23N5O2S. The topological polar surface area (TPSA) is 88.2 Å². The van der Waals surface area contributed by atoms with Crippen LogP contribution in [0.5, 0.6) is 5.75 Å². The molecule has 0 aliphatic carbocycles. The maximum atomic E-state index is 11.8. The highest BCUT2D eigenvalue weighted by molar-refractivity contribution is 7.09. The van der Waals surface area contributed by atoms with E-state index in [-0.39, 0.29) is 6.03 Å². The van der Waals surface area contributed by atoms with Gasteiger partial charge in [0.2, 0.25) is 5.13 Å². The Labute approximate surface area is 168 Å². The fourth-order valence-electron chi connectivity index (χ4n) is 2.55. The van der Waals surface area contributed by atoms with Crippen LogP contribution < -0.4 is 20.9 Å². The minimum absolute atomic E-state index is 0.331. The molecule has 28 heavy (non-hydrogen) atoms. The second kappa shape index (κ2) is 9.70. The van der Waals surface area contributed by atoms with E-state index in [2.05, 4.69) is 38.5 Å². The van der Waals surface area contributed by atoms with E-state index in [4.69, 9.17) is 4.74 Å². The molecule has 0 saturated carbocycles. The zero-order chi connectivity index (χ0) is 19.8. The number of nitrogens with zero attached hydrogens (tertiary/aromatic N) is 2. The van der Waals surface area contributed by atoms with Crippen LogP contribution in [0.2, 0.25) is 0 Å². The number of anilines is 1. The van der Waals surface area contributed by atoms with Gasteiger partial charge in [-0.25, -0.2) is 10.2 Å². The number of hydrogen-bond acceptors (Lipinski definition) is 6. The van der Waals surface area contributed by atoms with E-state index in [0.717, 1.165) is 16.9 Å². The third-order valence-corrected chi connectivity index (χ3v) is 4.57. The largest absolute Gasteiger partial charge is 0.493 e. The Hall–Kier alpha value is -3.13. The molecule has 7 nitrogen and oxygen atoms in total. The smallest absolute Gasteiger partial charge is 0.333 e. The highest BCUT2D eigenvalue weighted by atomic mass is 32.1. The normalized spacial score (nSPS) is 10.4. The van der Waals surface area contributed by atoms with Gasteiger partial charge in [0.25, 0.3) is 0 Å². The van der Waals surface area contributed by atoms with Crippen molar-refractivity contribution in [2.24, 2.45) is 0 Å². The van der Waals surface area contributed by atoms with E-state index >= 15 is 0 Å². The van der Waals surface area contributed by atoms with Crippen LogP contribution in [-0.2, 0) is 0 Å². The number of aryl methyl sites for hydroxylation is 2. The van der Waals surface area contributed by atoms with Crippen LogP contribution >= 0.6 is 11.5 Å². The van der Waals surface area contributed by atoms with Gasteiger partial charge in [-0.05, 0) is 31.9 Å². The van der Waals surface area contributed by atoms with Crippen molar-refractivity contribution in [1.29, 1.82) is 0 Å². The zero-order valence-electron chi connectivity index (χ0n) is 15.9. The van der Waals surface area contributed by atoms with Gasteiger partial charge in [0.05, 0.1) is 6.61 Å². The predicted octanol–water partition coefficient (Wildman–Crippen LogP) is 3.92. The lowest BCUT2D eigenvalue weighted by Crippen LogP contribution is -2.39. The van der Waals surface area contributed by atoms with E-state index < -0.39 is 0 Å². The average molecular weight is 398 g/mol. The summed E-state index contributed by atoms with van der Waals surface area (Å²) in [5.41, 5.74) is 8.57. The number of ether oxygens (including phenoxy) is 1. The maximum absolute atomic E-state index is 11.8. The van der Waals surface area contributed by atoms with Crippen LogP contribution in [0.15, 0.2) is 48.5 Å². The number of aromatic nitrogens is 2. The molecule has 2 aromatic carbocycles. The monoisotopic (exact) mass is 397 g/mol. The highest BCUT2D eigenvalue weighted by Gasteiger charge is 2.07. The van der Waals surface area contributed by atoms with Crippen molar-refractivity contribution in [3.05, 3.63) is 59.7 Å². The molecule has 8 heteroatoms. The van der Waals surface area contributed by atoms with Gasteiger partial charge in [-0.3, -0.25) is 5.43 Å². The van der Waals surface area contributed by atoms with E-state index in [1.807, 2.05) is 49.4 Å². The Morgan fingerprint density at radius 3 is 2.75 bits per heavy atom. The van der Waals surface area contributed by atoms with Crippen LogP contribution in [0.4, 0.5) is 9.93 Å². The Balaban J connectivity index is 1.33. The molecule has 3 N–H and O–H groups in total. The lowest BCUT2D eigenvalue weighted by Gasteiger charge is -2.10. The summed E-state index contributed by atoms with van der Waals surface area (Å²) < 4.78 is 10.0. The molecule has 2 amide bonds. The first-order valence-electron chi connectivity index (χ1n) is 9.01. The lowest BCUT2D eigenvalue weighted by atomic mass is 10.1. The summed E-state index contributed by atoms with van der Waals surface area (Å²) in [6, 6.07) is 15.4. The summed E-state index contributed by atoms with van der Waals surface area (Å²) in [6.07, 6.45) is 0.706. The minimum Gasteiger partial charge on any atom is -0.493 e. The first-order valence-corrected chi connectivity index (χ1v) is 9.78. The van der Waals surface area contributed by atoms with E-state index in [9.17, 15) is 4.79 Å². The van der Waals surface area contributed by atoms with Crippen LogP contribution in [0.3, 0.4) is 0 Å². The van der Waals surface area contributed by atoms with E-state index in [0.29, 0.717) is 30.5 Å². The fraction of sp³-hybridized carbons (Fsp3) is 0.250. The van der Waals surface area contributed by atoms with Gasteiger partial charge in [-0.2, -0.15) is 9.36 Å². The molecule has 0 spiro atoms. The number of urea groups is 1. The SMILES string of the molecule is Cc1ccc(OCCCNC(=O)NNc2nc(-c3ccccc3)ns2)c(C)c1. The molecule has 0 radical (unpaired) electrons. The van der Waals surface area contributed by atoms with Gasteiger partial charge in [0, 0.05) is 23.6 Å². The number of carbonyl (C=O) groups excluding carboxylic acids is 1. The standard InChI is InChI=1S/C20H23N5O2S/c1-14-9-10-17(15(2)13-14)27-12-6-11-21-19(26)23-24-20-22-18(25-28-20)16-7-4-3-5-8-16/h3-5,7-10,13H,6,11-12H2,1-2H3,(H2,21,23,26)(H,22,24,25). The van der Waals surface area contributed by atoms with E-state index in [1.165, 1.54) is 17.1 Å². The Bertz CT molecular complexity index is 914. The molecule has 0 fully saturated rings. The molecule has 3 rings (SSSR count). The van der Waals surface area contributed by atoms with Gasteiger partial charge >= 0.3 is 6.03 Å². The van der Waals surface area contributed by atoms with Gasteiger partial charge < -0.3 is 10.1 Å². The highest BCUT2D eigenvalue weighted by Crippen LogP contribution is 2.20. The van der Waals surface area contributed by atoms with Gasteiger partial charge in [-0.1, -0.05) is 48.0 Å². The van der Waals surface area contributed by atoms with Crippen molar-refractivity contribution in [2.45, 2.75) is 20.3 Å². The summed E-state index contributed by atoms with van der Waals surface area (Å²) in [6.45, 7) is 5.12. The molecule has 146 valence electrons. The first kappa shape index (κ1) is 19.6. The maximum Gasteiger partial charge on any atom is 0.333 e. The molecule has 0 unspecified atom stereocenters. The van der Waals surface area contributed by atoms with Crippen molar-refractivity contribution in [3.63, 3.8) is 0 Å². The molecule has 1 heterocycles. The number of amides is 2. The van der Waals surface area contributed by atoms with Crippen molar-refractivity contribution < 1.29 is 9.53 Å². The number of hydrazine groups is 1. The summed E-state index contributed by atoms with van der Waals surface area (Å²) in [4.78, 5) is 16.2. The van der Waals surface area contributed by atoms with Crippen LogP contribution in [0.25, 0.3) is 11.4 Å². The van der Waals surface area contributed by atoms with Crippen molar-refractivity contribution >= 4 is 22.7 Å². The summed E-state index contributed by atoms with van der Waals surface area (Å²) >= 11 is 1.18. The molecular weight excluding hydrogens is 374 g/mol. The second-order valence-corrected chi connectivity index (χ2v) is 7.02. The Morgan fingerprint density at radius 2 is 1.96 bits per heavy atom. The van der Waals surface area contributed by atoms with Crippen LogP contribution in [-0.4, -0.2) is 28.5 Å². The van der Waals surface area contributed by atoms with E-state index in [1.54, 1.807) is 0 Å². The second-order valence-electron chi connectivity index (χ2n) is 6.27. The summed E-state index contributed by atoms with van der Waals surface area (Å²) in [7, 11) is 0.